The van der Waals surface area contributed by atoms with Gasteiger partial charge in [-0.1, -0.05) is 0 Å². The minimum atomic E-state index is 0.0378. The molecule has 2 amide bonds. The summed E-state index contributed by atoms with van der Waals surface area (Å²) >= 11 is 0. The van der Waals surface area contributed by atoms with Gasteiger partial charge in [0, 0.05) is 45.3 Å². The second-order valence-corrected chi connectivity index (χ2v) is 6.76. The molecular formula is C18H26N4O3. The summed E-state index contributed by atoms with van der Waals surface area (Å²) in [6, 6.07) is 0.269. The molecule has 2 fully saturated rings. The maximum absolute atomic E-state index is 12.0. The zero-order valence-corrected chi connectivity index (χ0v) is 14.7. The van der Waals surface area contributed by atoms with Crippen molar-refractivity contribution in [2.45, 2.75) is 57.5 Å². The molecule has 136 valence electrons. The predicted molar refractivity (Wildman–Crippen MR) is 91.7 cm³/mol. The van der Waals surface area contributed by atoms with Gasteiger partial charge >= 0.3 is 0 Å². The van der Waals surface area contributed by atoms with E-state index in [1.807, 2.05) is 4.90 Å². The third kappa shape index (κ3) is 4.75. The highest BCUT2D eigenvalue weighted by molar-refractivity contribution is 5.76. The average Bonchev–Trinajstić information content (AvgIpc) is 3.11. The van der Waals surface area contributed by atoms with Gasteiger partial charge in [-0.2, -0.15) is 0 Å². The van der Waals surface area contributed by atoms with Gasteiger partial charge in [-0.05, 0) is 32.1 Å². The Kier molecular flexibility index (Phi) is 5.96. The lowest BCUT2D eigenvalue weighted by Crippen LogP contribution is -2.39. The van der Waals surface area contributed by atoms with Crippen LogP contribution in [0.2, 0.25) is 0 Å². The summed E-state index contributed by atoms with van der Waals surface area (Å²) in [7, 11) is 0. The molecule has 0 radical (unpaired) electrons. The summed E-state index contributed by atoms with van der Waals surface area (Å²) < 4.78 is 5.29. The largest absolute Gasteiger partial charge is 0.381 e. The Hall–Kier alpha value is -2.02. The van der Waals surface area contributed by atoms with Gasteiger partial charge in [0.15, 0.2) is 0 Å². The number of nitrogens with one attached hydrogen (secondary N) is 1. The maximum atomic E-state index is 12.0. The number of aryl methyl sites for hydroxylation is 1. The van der Waals surface area contributed by atoms with E-state index in [0.29, 0.717) is 12.8 Å². The molecule has 1 aromatic rings. The average molecular weight is 346 g/mol. The molecule has 2 aliphatic rings. The monoisotopic (exact) mass is 346 g/mol. The highest BCUT2D eigenvalue weighted by Gasteiger charge is 2.29. The van der Waals surface area contributed by atoms with Crippen LogP contribution in [0.15, 0.2) is 12.4 Å². The molecule has 0 saturated carbocycles. The van der Waals surface area contributed by atoms with Gasteiger partial charge < -0.3 is 15.0 Å². The summed E-state index contributed by atoms with van der Waals surface area (Å²) in [6.07, 6.45) is 8.16. The van der Waals surface area contributed by atoms with E-state index in [1.165, 1.54) is 0 Å². The van der Waals surface area contributed by atoms with E-state index in [9.17, 15) is 9.59 Å². The summed E-state index contributed by atoms with van der Waals surface area (Å²) in [5.74, 6) is 0.134. The number of nitrogens with zero attached hydrogens (tertiary/aromatic N) is 3. The lowest BCUT2D eigenvalue weighted by Gasteiger charge is -2.23. The molecule has 1 N–H and O–H groups in total. The van der Waals surface area contributed by atoms with Gasteiger partial charge in [-0.25, -0.2) is 0 Å². The van der Waals surface area contributed by atoms with Crippen molar-refractivity contribution in [2.24, 2.45) is 0 Å². The number of hydrogen-bond acceptors (Lipinski definition) is 5. The van der Waals surface area contributed by atoms with E-state index in [-0.39, 0.29) is 23.9 Å². The third-order valence-electron chi connectivity index (χ3n) is 4.92. The summed E-state index contributed by atoms with van der Waals surface area (Å²) in [4.78, 5) is 34.5. The predicted octanol–water partition coefficient (Wildman–Crippen LogP) is 1.39. The Morgan fingerprint density at radius 1 is 1.24 bits per heavy atom. The van der Waals surface area contributed by atoms with Crippen LogP contribution in [0, 0.1) is 0 Å². The van der Waals surface area contributed by atoms with E-state index in [1.54, 1.807) is 19.3 Å². The van der Waals surface area contributed by atoms with Crippen molar-refractivity contribution < 1.29 is 14.3 Å². The lowest BCUT2D eigenvalue weighted by atomic mass is 10.1. The molecule has 2 aliphatic heterocycles. The van der Waals surface area contributed by atoms with E-state index >= 15 is 0 Å². The van der Waals surface area contributed by atoms with Gasteiger partial charge in [-0.15, -0.1) is 0 Å². The molecule has 0 aliphatic carbocycles. The van der Waals surface area contributed by atoms with Crippen molar-refractivity contribution in [3.63, 3.8) is 0 Å². The molecule has 1 aromatic heterocycles. The molecule has 0 unspecified atom stereocenters. The van der Waals surface area contributed by atoms with Crippen molar-refractivity contribution in [3.05, 3.63) is 23.8 Å². The zero-order valence-electron chi connectivity index (χ0n) is 14.7. The van der Waals surface area contributed by atoms with Crippen molar-refractivity contribution in [1.29, 1.82) is 0 Å². The summed E-state index contributed by atoms with van der Waals surface area (Å²) in [6.45, 7) is 3.82. The van der Waals surface area contributed by atoms with Crippen molar-refractivity contribution >= 4 is 11.8 Å². The number of carbonyl (C=O) groups is 2. The number of likely N-dealkylation sites (tertiary alicyclic amines) is 1. The van der Waals surface area contributed by atoms with Crippen LogP contribution < -0.4 is 5.32 Å². The highest BCUT2D eigenvalue weighted by Crippen LogP contribution is 2.30. The topological polar surface area (TPSA) is 84.4 Å². The van der Waals surface area contributed by atoms with Crippen LogP contribution in [0.4, 0.5) is 0 Å². The van der Waals surface area contributed by atoms with E-state index in [0.717, 1.165) is 56.8 Å². The normalized spacial score (nSPS) is 21.3. The first-order valence-corrected chi connectivity index (χ1v) is 9.08. The summed E-state index contributed by atoms with van der Waals surface area (Å²) in [5, 5.41) is 3.05. The SMILES string of the molecule is CC(=O)N1CCC[C@H]1c1cnc(CCC(=O)NC2CCOCC2)cn1. The van der Waals surface area contributed by atoms with Gasteiger partial charge in [-0.3, -0.25) is 19.6 Å². The Balaban J connectivity index is 1.49. The molecule has 25 heavy (non-hydrogen) atoms. The van der Waals surface area contributed by atoms with Crippen molar-refractivity contribution in [2.75, 3.05) is 19.8 Å². The van der Waals surface area contributed by atoms with Gasteiger partial charge in [0.05, 0.1) is 23.6 Å². The van der Waals surface area contributed by atoms with Crippen molar-refractivity contribution in [3.8, 4) is 0 Å². The molecule has 1 atom stereocenters. The highest BCUT2D eigenvalue weighted by atomic mass is 16.5. The lowest BCUT2D eigenvalue weighted by molar-refractivity contribution is -0.129. The molecule has 7 nitrogen and oxygen atoms in total. The number of hydrogen-bond donors (Lipinski definition) is 1. The van der Waals surface area contributed by atoms with Gasteiger partial charge in [0.2, 0.25) is 11.8 Å². The van der Waals surface area contributed by atoms with E-state index in [4.69, 9.17) is 4.74 Å². The zero-order chi connectivity index (χ0) is 17.6. The molecule has 3 rings (SSSR count). The smallest absolute Gasteiger partial charge is 0.220 e. The second kappa shape index (κ2) is 8.38. The van der Waals surface area contributed by atoms with Gasteiger partial charge in [0.25, 0.3) is 0 Å². The van der Waals surface area contributed by atoms with Crippen LogP contribution in [0.25, 0.3) is 0 Å². The third-order valence-corrected chi connectivity index (χ3v) is 4.92. The molecule has 0 bridgehead atoms. The fourth-order valence-corrected chi connectivity index (χ4v) is 3.50. The van der Waals surface area contributed by atoms with Crippen LogP contribution in [0.3, 0.4) is 0 Å². The number of amides is 2. The molecule has 0 aromatic carbocycles. The molecular weight excluding hydrogens is 320 g/mol. The van der Waals surface area contributed by atoms with Gasteiger partial charge in [0.1, 0.15) is 0 Å². The Labute approximate surface area is 148 Å². The molecule has 3 heterocycles. The summed E-state index contributed by atoms with van der Waals surface area (Å²) in [5.41, 5.74) is 1.64. The first-order chi connectivity index (χ1) is 12.1. The second-order valence-electron chi connectivity index (χ2n) is 6.76. The number of aromatic nitrogens is 2. The van der Waals surface area contributed by atoms with Crippen LogP contribution in [-0.4, -0.2) is 52.5 Å². The van der Waals surface area contributed by atoms with Crippen LogP contribution in [0.5, 0.6) is 0 Å². The maximum Gasteiger partial charge on any atom is 0.220 e. The molecule has 0 spiro atoms. The van der Waals surface area contributed by atoms with Crippen LogP contribution in [-0.2, 0) is 20.7 Å². The Bertz CT molecular complexity index is 599. The van der Waals surface area contributed by atoms with Crippen molar-refractivity contribution in [1.82, 2.24) is 20.2 Å². The quantitative estimate of drug-likeness (QED) is 0.871. The van der Waals surface area contributed by atoms with Crippen LogP contribution >= 0.6 is 0 Å². The first-order valence-electron chi connectivity index (χ1n) is 9.08. The fourth-order valence-electron chi connectivity index (χ4n) is 3.50. The van der Waals surface area contributed by atoms with Crippen LogP contribution in [0.1, 0.15) is 56.5 Å². The minimum absolute atomic E-state index is 0.0378. The fraction of sp³-hybridized carbons (Fsp3) is 0.667. The number of rotatable bonds is 5. The van der Waals surface area contributed by atoms with E-state index in [2.05, 4.69) is 15.3 Å². The molecule has 2 saturated heterocycles. The standard InChI is InChI=1S/C18H26N4O3/c1-13(23)22-8-2-3-17(22)16-12-19-15(11-20-16)4-5-18(24)21-14-6-9-25-10-7-14/h11-12,14,17H,2-10H2,1H3,(H,21,24)/t17-/m0/s1. The first kappa shape index (κ1) is 17.8. The Morgan fingerprint density at radius 3 is 2.72 bits per heavy atom. The minimum Gasteiger partial charge on any atom is -0.381 e. The molecule has 7 heteroatoms. The number of carbonyl (C=O) groups excluding carboxylic acids is 2. The van der Waals surface area contributed by atoms with E-state index < -0.39 is 0 Å². The Morgan fingerprint density at radius 2 is 2.04 bits per heavy atom. The number of ether oxygens (including phenoxy) is 1.